The Labute approximate surface area is 169 Å². The van der Waals surface area contributed by atoms with E-state index >= 15 is 0 Å². The number of amides is 2. The number of hydrogen-bond donors (Lipinski definition) is 0. The molecule has 0 spiro atoms. The molecule has 1 unspecified atom stereocenters. The first kappa shape index (κ1) is 17.6. The molecule has 0 N–H and O–H groups in total. The van der Waals surface area contributed by atoms with Crippen LogP contribution in [-0.4, -0.2) is 28.2 Å². The number of likely N-dealkylation sites (tertiary alicyclic amines) is 1. The van der Waals surface area contributed by atoms with Crippen LogP contribution in [0.3, 0.4) is 0 Å². The predicted molar refractivity (Wildman–Crippen MR) is 111 cm³/mol. The Morgan fingerprint density at radius 3 is 2.55 bits per heavy atom. The zero-order chi connectivity index (χ0) is 19.8. The minimum absolute atomic E-state index is 0.0136. The molecule has 0 aliphatic carbocycles. The Kier molecular flexibility index (Phi) is 4.35. The molecule has 3 aromatic rings. The normalized spacial score (nSPS) is 17.8. The summed E-state index contributed by atoms with van der Waals surface area (Å²) in [5, 5.41) is 0. The average Bonchev–Trinajstić information content (AvgIpc) is 3.13. The number of carbonyl (C=O) groups excluding carboxylic acids is 2. The van der Waals surface area contributed by atoms with E-state index in [0.29, 0.717) is 19.6 Å². The largest absolute Gasteiger partial charge is 0.336 e. The first-order valence-electron chi connectivity index (χ1n) is 9.87. The Bertz CT molecular complexity index is 1080. The predicted octanol–water partition coefficient (Wildman–Crippen LogP) is 3.64. The highest BCUT2D eigenvalue weighted by molar-refractivity contribution is 6.03. The number of nitrogens with zero attached hydrogens (tertiary/aromatic N) is 3. The molecular weight excluding hydrogens is 362 g/mol. The molecule has 0 bridgehead atoms. The summed E-state index contributed by atoms with van der Waals surface area (Å²) in [4.78, 5) is 33.9. The van der Waals surface area contributed by atoms with Gasteiger partial charge >= 0.3 is 0 Å². The van der Waals surface area contributed by atoms with Crippen LogP contribution in [0.25, 0.3) is 11.1 Å². The van der Waals surface area contributed by atoms with Crippen LogP contribution in [0.15, 0.2) is 72.9 Å². The van der Waals surface area contributed by atoms with Crippen molar-refractivity contribution < 1.29 is 9.59 Å². The van der Waals surface area contributed by atoms with Crippen molar-refractivity contribution in [2.75, 3.05) is 11.4 Å². The van der Waals surface area contributed by atoms with Crippen molar-refractivity contribution in [3.05, 3.63) is 84.2 Å². The van der Waals surface area contributed by atoms with Gasteiger partial charge in [-0.05, 0) is 29.3 Å². The standard InChI is InChI=1S/C24H21N3O2/c28-23-13-18(14-26(23)16-19-8-5-6-12-25-19)24(29)27-15-17-7-1-2-9-20(17)21-10-3-4-11-22(21)27/h1-12,18H,13-16H2. The van der Waals surface area contributed by atoms with Crippen LogP contribution in [-0.2, 0) is 22.7 Å². The van der Waals surface area contributed by atoms with Gasteiger partial charge in [-0.25, -0.2) is 0 Å². The molecule has 1 atom stereocenters. The lowest BCUT2D eigenvalue weighted by Crippen LogP contribution is -2.38. The van der Waals surface area contributed by atoms with Gasteiger partial charge in [0, 0.05) is 24.7 Å². The van der Waals surface area contributed by atoms with Crippen molar-refractivity contribution in [3.8, 4) is 11.1 Å². The summed E-state index contributed by atoms with van der Waals surface area (Å²) in [6.07, 6.45) is 1.98. The second-order valence-electron chi connectivity index (χ2n) is 7.60. The highest BCUT2D eigenvalue weighted by atomic mass is 16.2. The number of aromatic nitrogens is 1. The maximum absolute atomic E-state index is 13.4. The van der Waals surface area contributed by atoms with Gasteiger partial charge in [-0.15, -0.1) is 0 Å². The summed E-state index contributed by atoms with van der Waals surface area (Å²) >= 11 is 0. The van der Waals surface area contributed by atoms with Crippen LogP contribution in [0.4, 0.5) is 5.69 Å². The fourth-order valence-corrected chi connectivity index (χ4v) is 4.31. The SMILES string of the molecule is O=C1CC(C(=O)N2Cc3ccccc3-c3ccccc32)CN1Cc1ccccn1. The topological polar surface area (TPSA) is 53.5 Å². The molecule has 0 radical (unpaired) electrons. The lowest BCUT2D eigenvalue weighted by Gasteiger charge is -2.32. The van der Waals surface area contributed by atoms with E-state index in [9.17, 15) is 9.59 Å². The van der Waals surface area contributed by atoms with E-state index in [2.05, 4.69) is 23.2 Å². The summed E-state index contributed by atoms with van der Waals surface area (Å²) in [5.41, 5.74) is 5.14. The zero-order valence-corrected chi connectivity index (χ0v) is 16.0. The summed E-state index contributed by atoms with van der Waals surface area (Å²) in [6, 6.07) is 21.9. The number of fused-ring (bicyclic) bond motifs is 3. The van der Waals surface area contributed by atoms with Crippen LogP contribution in [0, 0.1) is 5.92 Å². The maximum Gasteiger partial charge on any atom is 0.232 e. The van der Waals surface area contributed by atoms with Crippen molar-refractivity contribution in [2.45, 2.75) is 19.5 Å². The minimum Gasteiger partial charge on any atom is -0.336 e. The summed E-state index contributed by atoms with van der Waals surface area (Å²) in [6.45, 7) is 1.42. The molecule has 1 fully saturated rings. The Balaban J connectivity index is 1.39. The van der Waals surface area contributed by atoms with Crippen LogP contribution >= 0.6 is 0 Å². The molecule has 5 rings (SSSR count). The van der Waals surface area contributed by atoms with E-state index in [0.717, 1.165) is 22.5 Å². The molecule has 1 saturated heterocycles. The molecule has 5 heteroatoms. The van der Waals surface area contributed by atoms with E-state index in [1.807, 2.05) is 53.4 Å². The molecule has 5 nitrogen and oxygen atoms in total. The number of para-hydroxylation sites is 1. The number of benzene rings is 2. The molecule has 3 heterocycles. The first-order valence-corrected chi connectivity index (χ1v) is 9.87. The van der Waals surface area contributed by atoms with E-state index in [-0.39, 0.29) is 24.2 Å². The van der Waals surface area contributed by atoms with Gasteiger partial charge in [0.25, 0.3) is 0 Å². The van der Waals surface area contributed by atoms with Crippen LogP contribution in [0.5, 0.6) is 0 Å². The molecular formula is C24H21N3O2. The highest BCUT2D eigenvalue weighted by Crippen LogP contribution is 2.40. The average molecular weight is 383 g/mol. The van der Waals surface area contributed by atoms with Crippen molar-refractivity contribution in [3.63, 3.8) is 0 Å². The Morgan fingerprint density at radius 1 is 0.966 bits per heavy atom. The molecule has 2 aliphatic rings. The molecule has 2 amide bonds. The van der Waals surface area contributed by atoms with Gasteiger partial charge in [0.05, 0.1) is 30.4 Å². The first-order chi connectivity index (χ1) is 14.2. The van der Waals surface area contributed by atoms with E-state index in [1.165, 1.54) is 5.56 Å². The quantitative estimate of drug-likeness (QED) is 0.694. The van der Waals surface area contributed by atoms with Gasteiger partial charge in [-0.2, -0.15) is 0 Å². The third kappa shape index (κ3) is 3.18. The van der Waals surface area contributed by atoms with Gasteiger partial charge in [-0.1, -0.05) is 48.5 Å². The van der Waals surface area contributed by atoms with Crippen molar-refractivity contribution in [2.24, 2.45) is 5.92 Å². The summed E-state index contributed by atoms with van der Waals surface area (Å²) in [5.74, 6) is -0.298. The molecule has 1 aromatic heterocycles. The molecule has 144 valence electrons. The van der Waals surface area contributed by atoms with Gasteiger partial charge in [0.1, 0.15) is 0 Å². The Hall–Kier alpha value is -3.47. The molecule has 29 heavy (non-hydrogen) atoms. The monoisotopic (exact) mass is 383 g/mol. The van der Waals surface area contributed by atoms with Gasteiger partial charge in [0.15, 0.2) is 0 Å². The maximum atomic E-state index is 13.4. The van der Waals surface area contributed by atoms with Crippen LogP contribution < -0.4 is 4.90 Å². The second kappa shape index (κ2) is 7.17. The van der Waals surface area contributed by atoms with E-state index in [1.54, 1.807) is 11.1 Å². The zero-order valence-electron chi connectivity index (χ0n) is 16.0. The summed E-state index contributed by atoms with van der Waals surface area (Å²) in [7, 11) is 0. The summed E-state index contributed by atoms with van der Waals surface area (Å²) < 4.78 is 0. The lowest BCUT2D eigenvalue weighted by atomic mass is 9.92. The van der Waals surface area contributed by atoms with Crippen LogP contribution in [0.2, 0.25) is 0 Å². The van der Waals surface area contributed by atoms with Crippen LogP contribution in [0.1, 0.15) is 17.7 Å². The molecule has 2 aromatic carbocycles. The molecule has 2 aliphatic heterocycles. The smallest absolute Gasteiger partial charge is 0.232 e. The minimum atomic E-state index is -0.329. The lowest BCUT2D eigenvalue weighted by molar-refractivity contribution is -0.129. The number of anilines is 1. The third-order valence-electron chi connectivity index (χ3n) is 5.74. The molecule has 0 saturated carbocycles. The highest BCUT2D eigenvalue weighted by Gasteiger charge is 2.38. The number of pyridine rings is 1. The second-order valence-corrected chi connectivity index (χ2v) is 7.60. The number of rotatable bonds is 3. The fourth-order valence-electron chi connectivity index (χ4n) is 4.31. The number of carbonyl (C=O) groups is 2. The Morgan fingerprint density at radius 2 is 1.72 bits per heavy atom. The number of hydrogen-bond acceptors (Lipinski definition) is 3. The van der Waals surface area contributed by atoms with Gasteiger partial charge in [0.2, 0.25) is 11.8 Å². The van der Waals surface area contributed by atoms with Crippen molar-refractivity contribution >= 4 is 17.5 Å². The van der Waals surface area contributed by atoms with Gasteiger partial charge in [-0.3, -0.25) is 14.6 Å². The fraction of sp³-hybridized carbons (Fsp3) is 0.208. The van der Waals surface area contributed by atoms with Gasteiger partial charge < -0.3 is 9.80 Å². The third-order valence-corrected chi connectivity index (χ3v) is 5.74. The van der Waals surface area contributed by atoms with E-state index < -0.39 is 0 Å². The van der Waals surface area contributed by atoms with E-state index in [4.69, 9.17) is 0 Å². The van der Waals surface area contributed by atoms with Crippen molar-refractivity contribution in [1.82, 2.24) is 9.88 Å². The van der Waals surface area contributed by atoms with Crippen molar-refractivity contribution in [1.29, 1.82) is 0 Å².